The highest BCUT2D eigenvalue weighted by Gasteiger charge is 2.27. The van der Waals surface area contributed by atoms with Crippen molar-refractivity contribution < 1.29 is 9.59 Å². The summed E-state index contributed by atoms with van der Waals surface area (Å²) in [6.07, 6.45) is 4.27. The summed E-state index contributed by atoms with van der Waals surface area (Å²) in [6.45, 7) is 0. The third kappa shape index (κ3) is 2.22. The number of rotatable bonds is 3. The molecule has 2 N–H and O–H groups in total. The van der Waals surface area contributed by atoms with Gasteiger partial charge in [0.2, 0.25) is 5.78 Å². The molecule has 4 nitrogen and oxygen atoms in total. The number of hydrogen-bond acceptors (Lipinski definition) is 4. The Morgan fingerprint density at radius 1 is 1.37 bits per heavy atom. The number of carbonyl (C=O) groups is 2. The number of aromatic amines is 1. The van der Waals surface area contributed by atoms with Crippen molar-refractivity contribution in [2.45, 2.75) is 6.04 Å². The summed E-state index contributed by atoms with van der Waals surface area (Å²) in [5, 5.41) is 4.13. The van der Waals surface area contributed by atoms with E-state index in [4.69, 9.17) is 0 Å². The van der Waals surface area contributed by atoms with E-state index in [1.54, 1.807) is 11.8 Å². The molecule has 2 heterocycles. The second kappa shape index (κ2) is 5.03. The van der Waals surface area contributed by atoms with Crippen LogP contribution in [0.5, 0.6) is 0 Å². The lowest BCUT2D eigenvalue weighted by molar-refractivity contribution is -0.130. The van der Waals surface area contributed by atoms with Crippen molar-refractivity contribution in [2.75, 3.05) is 5.88 Å². The highest BCUT2D eigenvalue weighted by molar-refractivity contribution is 8.03. The average molecular weight is 272 g/mol. The van der Waals surface area contributed by atoms with E-state index in [1.807, 2.05) is 36.5 Å². The molecule has 5 heteroatoms. The Balaban J connectivity index is 2.00. The van der Waals surface area contributed by atoms with Gasteiger partial charge in [0.25, 0.3) is 0 Å². The van der Waals surface area contributed by atoms with Gasteiger partial charge in [0, 0.05) is 33.4 Å². The first-order valence-electron chi connectivity index (χ1n) is 5.92. The third-order valence-electron chi connectivity index (χ3n) is 3.13. The quantitative estimate of drug-likeness (QED) is 0.662. The van der Waals surface area contributed by atoms with Gasteiger partial charge in [-0.25, -0.2) is 0 Å². The zero-order valence-electron chi connectivity index (χ0n) is 10.1. The Morgan fingerprint density at radius 2 is 2.21 bits per heavy atom. The second-order valence-electron chi connectivity index (χ2n) is 4.28. The molecule has 1 aromatic carbocycles. The molecule has 1 atom stereocenters. The largest absolute Gasteiger partial charge is 0.361 e. The van der Waals surface area contributed by atoms with E-state index in [-0.39, 0.29) is 0 Å². The van der Waals surface area contributed by atoms with Gasteiger partial charge in [-0.05, 0) is 12.1 Å². The number of aldehydes is 1. The number of benzene rings is 1. The van der Waals surface area contributed by atoms with Crippen LogP contribution in [0.25, 0.3) is 17.0 Å². The number of nitrogens with one attached hydrogen (secondary N) is 2. The van der Waals surface area contributed by atoms with Gasteiger partial charge in [0.1, 0.15) is 6.04 Å². The van der Waals surface area contributed by atoms with E-state index in [0.29, 0.717) is 12.2 Å². The van der Waals surface area contributed by atoms with E-state index in [2.05, 4.69) is 10.3 Å². The van der Waals surface area contributed by atoms with Crippen LogP contribution in [0.4, 0.5) is 0 Å². The van der Waals surface area contributed by atoms with E-state index in [0.717, 1.165) is 21.4 Å². The van der Waals surface area contributed by atoms with Crippen molar-refractivity contribution in [1.29, 1.82) is 0 Å². The Kier molecular flexibility index (Phi) is 3.23. The Labute approximate surface area is 114 Å². The molecule has 3 rings (SSSR count). The number of hydrogen-bond donors (Lipinski definition) is 2. The van der Waals surface area contributed by atoms with Crippen molar-refractivity contribution in [2.24, 2.45) is 0 Å². The van der Waals surface area contributed by atoms with Gasteiger partial charge in [0.15, 0.2) is 6.29 Å². The molecule has 0 aliphatic carbocycles. The van der Waals surface area contributed by atoms with Crippen molar-refractivity contribution >= 4 is 40.8 Å². The fraction of sp³-hybridized carbons (Fsp3) is 0.143. The lowest BCUT2D eigenvalue weighted by Gasteiger charge is -2.05. The summed E-state index contributed by atoms with van der Waals surface area (Å²) < 4.78 is 0. The molecule has 1 unspecified atom stereocenters. The number of para-hydroxylation sites is 1. The standard InChI is InChI=1S/C14H12N2O2S/c17-7-12(18)14-13(19-8-16-14)5-9-6-15-11-4-2-1-3-10(9)11/h1-7,14-16H,8H2. The molecule has 1 fully saturated rings. The predicted molar refractivity (Wildman–Crippen MR) is 76.7 cm³/mol. The molecule has 1 saturated heterocycles. The lowest BCUT2D eigenvalue weighted by Crippen LogP contribution is -2.32. The molecular formula is C14H12N2O2S. The molecule has 1 aliphatic rings. The predicted octanol–water partition coefficient (Wildman–Crippen LogP) is 1.94. The van der Waals surface area contributed by atoms with Gasteiger partial charge in [-0.15, -0.1) is 11.8 Å². The number of Topliss-reactive ketones (excluding diaryl/α,β-unsaturated/α-hetero) is 1. The number of aromatic nitrogens is 1. The van der Waals surface area contributed by atoms with Gasteiger partial charge >= 0.3 is 0 Å². The van der Waals surface area contributed by atoms with Crippen LogP contribution in [0.15, 0.2) is 35.4 Å². The number of thioether (sulfide) groups is 1. The Bertz CT molecular complexity index is 675. The second-order valence-corrected chi connectivity index (χ2v) is 5.33. The minimum Gasteiger partial charge on any atom is -0.361 e. The van der Waals surface area contributed by atoms with E-state index in [1.165, 1.54) is 0 Å². The first-order chi connectivity index (χ1) is 9.29. The van der Waals surface area contributed by atoms with E-state index >= 15 is 0 Å². The lowest BCUT2D eigenvalue weighted by atomic mass is 10.1. The fourth-order valence-corrected chi connectivity index (χ4v) is 3.19. The SMILES string of the molecule is O=CC(=O)C1NCSC1=Cc1c[nH]c2ccccc12. The van der Waals surface area contributed by atoms with Gasteiger partial charge in [0.05, 0.1) is 0 Å². The molecular weight excluding hydrogens is 260 g/mol. The zero-order valence-corrected chi connectivity index (χ0v) is 10.9. The minimum absolute atomic E-state index is 0.382. The average Bonchev–Trinajstić information content (AvgIpc) is 3.06. The van der Waals surface area contributed by atoms with E-state index in [9.17, 15) is 9.59 Å². The molecule has 0 radical (unpaired) electrons. The van der Waals surface area contributed by atoms with Crippen LogP contribution in [0, 0.1) is 0 Å². The minimum atomic E-state index is -0.490. The summed E-state index contributed by atoms with van der Waals surface area (Å²) in [5.41, 5.74) is 2.09. The van der Waals surface area contributed by atoms with Gasteiger partial charge in [-0.3, -0.25) is 14.9 Å². The summed E-state index contributed by atoms with van der Waals surface area (Å²) in [7, 11) is 0. The van der Waals surface area contributed by atoms with Crippen LogP contribution in [0.1, 0.15) is 5.56 Å². The molecule has 0 amide bonds. The summed E-state index contributed by atoms with van der Waals surface area (Å²) in [6, 6.07) is 7.50. The first-order valence-corrected chi connectivity index (χ1v) is 6.91. The smallest absolute Gasteiger partial charge is 0.217 e. The molecule has 19 heavy (non-hydrogen) atoms. The number of carbonyl (C=O) groups excluding carboxylic acids is 2. The van der Waals surface area contributed by atoms with Crippen LogP contribution in [-0.2, 0) is 9.59 Å². The van der Waals surface area contributed by atoms with Crippen molar-refractivity contribution in [1.82, 2.24) is 10.3 Å². The molecule has 1 aliphatic heterocycles. The summed E-state index contributed by atoms with van der Waals surface area (Å²) in [5.74, 6) is 0.231. The van der Waals surface area contributed by atoms with Crippen LogP contribution in [0.3, 0.4) is 0 Å². The molecule has 2 aromatic rings. The van der Waals surface area contributed by atoms with Crippen LogP contribution >= 0.6 is 11.8 Å². The third-order valence-corrected chi connectivity index (χ3v) is 4.13. The normalized spacial score (nSPS) is 21.1. The maximum Gasteiger partial charge on any atom is 0.217 e. The van der Waals surface area contributed by atoms with Crippen molar-refractivity contribution in [3.8, 4) is 0 Å². The highest BCUT2D eigenvalue weighted by atomic mass is 32.2. The highest BCUT2D eigenvalue weighted by Crippen LogP contribution is 2.30. The molecule has 0 saturated carbocycles. The van der Waals surface area contributed by atoms with E-state index < -0.39 is 11.8 Å². The Morgan fingerprint density at radius 3 is 3.05 bits per heavy atom. The number of H-pyrrole nitrogens is 1. The molecule has 0 spiro atoms. The topological polar surface area (TPSA) is 62.0 Å². The van der Waals surface area contributed by atoms with Crippen molar-refractivity contribution in [3.63, 3.8) is 0 Å². The van der Waals surface area contributed by atoms with Gasteiger partial charge in [-0.1, -0.05) is 18.2 Å². The zero-order chi connectivity index (χ0) is 13.2. The number of fused-ring (bicyclic) bond motifs is 1. The van der Waals surface area contributed by atoms with Gasteiger partial charge in [-0.2, -0.15) is 0 Å². The maximum absolute atomic E-state index is 11.5. The Hall–Kier alpha value is -1.85. The van der Waals surface area contributed by atoms with Gasteiger partial charge < -0.3 is 4.98 Å². The fourth-order valence-electron chi connectivity index (χ4n) is 2.19. The number of ketones is 1. The van der Waals surface area contributed by atoms with Crippen LogP contribution < -0.4 is 5.32 Å². The first kappa shape index (κ1) is 12.2. The maximum atomic E-state index is 11.5. The molecule has 96 valence electrons. The van der Waals surface area contributed by atoms with Crippen LogP contribution in [-0.4, -0.2) is 29.0 Å². The monoisotopic (exact) mass is 272 g/mol. The molecule has 0 bridgehead atoms. The van der Waals surface area contributed by atoms with Crippen LogP contribution in [0.2, 0.25) is 0 Å². The molecule has 1 aromatic heterocycles. The summed E-state index contributed by atoms with van der Waals surface area (Å²) in [4.78, 5) is 26.2. The summed E-state index contributed by atoms with van der Waals surface area (Å²) >= 11 is 1.56. The van der Waals surface area contributed by atoms with Crippen molar-refractivity contribution in [3.05, 3.63) is 40.9 Å².